The SMILES string of the molecule is CCOC(=O)c1nnc2c3c(-c4ccc(Cl)cc4)c4c(=O)[nH]nc4nc3[nH]n2c1C. The van der Waals surface area contributed by atoms with Gasteiger partial charge in [0, 0.05) is 10.6 Å². The van der Waals surface area contributed by atoms with Gasteiger partial charge in [0.25, 0.3) is 5.56 Å². The molecule has 0 saturated carbocycles. The van der Waals surface area contributed by atoms with Crippen molar-refractivity contribution in [2.45, 2.75) is 13.8 Å². The first-order chi connectivity index (χ1) is 14.5. The van der Waals surface area contributed by atoms with Crippen molar-refractivity contribution < 1.29 is 9.53 Å². The van der Waals surface area contributed by atoms with Gasteiger partial charge in [-0.05, 0) is 31.5 Å². The zero-order valence-corrected chi connectivity index (χ0v) is 16.6. The average Bonchev–Trinajstić information content (AvgIpc) is 3.29. The number of fused-ring (bicyclic) bond motifs is 4. The fraction of sp³-hybridized carbons (Fsp3) is 0.158. The van der Waals surface area contributed by atoms with Crippen molar-refractivity contribution in [3.63, 3.8) is 0 Å². The van der Waals surface area contributed by atoms with Crippen molar-refractivity contribution in [1.82, 2.24) is 35.0 Å². The fourth-order valence-corrected chi connectivity index (χ4v) is 3.63. The number of carbonyl (C=O) groups is 1. The molecule has 0 atom stereocenters. The van der Waals surface area contributed by atoms with E-state index in [0.29, 0.717) is 38.3 Å². The van der Waals surface area contributed by atoms with Crippen LogP contribution in [0.4, 0.5) is 0 Å². The summed E-state index contributed by atoms with van der Waals surface area (Å²) in [7, 11) is 0. The molecule has 5 rings (SSSR count). The summed E-state index contributed by atoms with van der Waals surface area (Å²) in [5.74, 6) is -0.571. The Morgan fingerprint density at radius 1 is 1.20 bits per heavy atom. The highest BCUT2D eigenvalue weighted by molar-refractivity contribution is 6.30. The number of nitrogens with zero attached hydrogens (tertiary/aromatic N) is 5. The van der Waals surface area contributed by atoms with Crippen molar-refractivity contribution in [2.75, 3.05) is 6.61 Å². The number of aryl methyl sites for hydroxylation is 1. The maximum Gasteiger partial charge on any atom is 0.360 e. The first kappa shape index (κ1) is 18.3. The standard InChI is InChI=1S/C19H14ClN7O3/c1-3-30-19(29)14-8(2)27-17(24-22-14)12-11(9-4-6-10(20)7-5-9)13-15(21-16(12)26-27)23-25-18(13)28/h4-7H,3H2,1-2H3,(H,25,28)(H,21,23,26). The van der Waals surface area contributed by atoms with Crippen LogP contribution in [0.2, 0.25) is 5.02 Å². The van der Waals surface area contributed by atoms with Crippen molar-refractivity contribution in [2.24, 2.45) is 0 Å². The number of carbonyl (C=O) groups excluding carboxylic acids is 1. The highest BCUT2D eigenvalue weighted by Gasteiger charge is 2.23. The Bertz CT molecular complexity index is 1520. The van der Waals surface area contributed by atoms with Crippen LogP contribution in [0.1, 0.15) is 23.1 Å². The number of halogens is 1. The average molecular weight is 424 g/mol. The quantitative estimate of drug-likeness (QED) is 0.426. The van der Waals surface area contributed by atoms with Crippen molar-refractivity contribution >= 4 is 45.3 Å². The van der Waals surface area contributed by atoms with Crippen LogP contribution in [0.5, 0.6) is 0 Å². The number of ether oxygens (including phenoxy) is 1. The monoisotopic (exact) mass is 423 g/mol. The van der Waals surface area contributed by atoms with Gasteiger partial charge in [-0.2, -0.15) is 5.10 Å². The molecule has 4 heterocycles. The smallest absolute Gasteiger partial charge is 0.360 e. The molecule has 0 aliphatic carbocycles. The Labute approximate surface area is 172 Å². The zero-order valence-electron chi connectivity index (χ0n) is 15.9. The topological polar surface area (TPSA) is 131 Å². The van der Waals surface area contributed by atoms with Crippen LogP contribution in [0.15, 0.2) is 29.1 Å². The van der Waals surface area contributed by atoms with E-state index in [1.807, 2.05) is 0 Å². The Balaban J connectivity index is 1.92. The first-order valence-corrected chi connectivity index (χ1v) is 9.46. The minimum absolute atomic E-state index is 0.0870. The van der Waals surface area contributed by atoms with E-state index in [1.165, 1.54) is 0 Å². The number of aromatic amines is 2. The number of esters is 1. The van der Waals surface area contributed by atoms with Crippen LogP contribution in [0.25, 0.3) is 38.8 Å². The zero-order chi connectivity index (χ0) is 21.0. The molecule has 0 unspecified atom stereocenters. The molecule has 0 aliphatic heterocycles. The van der Waals surface area contributed by atoms with Crippen LogP contribution in [-0.2, 0) is 4.74 Å². The molecule has 10 nitrogen and oxygen atoms in total. The van der Waals surface area contributed by atoms with Gasteiger partial charge in [0.2, 0.25) is 0 Å². The summed E-state index contributed by atoms with van der Waals surface area (Å²) in [5.41, 5.74) is 2.68. The lowest BCUT2D eigenvalue weighted by molar-refractivity contribution is 0.0516. The van der Waals surface area contributed by atoms with Gasteiger partial charge in [0.05, 0.1) is 23.1 Å². The van der Waals surface area contributed by atoms with E-state index in [0.717, 1.165) is 5.56 Å². The normalized spacial score (nSPS) is 11.6. The van der Waals surface area contributed by atoms with Gasteiger partial charge in [0.1, 0.15) is 0 Å². The van der Waals surface area contributed by atoms with Gasteiger partial charge in [-0.25, -0.2) is 19.4 Å². The second-order valence-corrected chi connectivity index (χ2v) is 7.03. The third-order valence-electron chi connectivity index (χ3n) is 4.85. The van der Waals surface area contributed by atoms with Crippen molar-refractivity contribution in [1.29, 1.82) is 0 Å². The fourth-order valence-electron chi connectivity index (χ4n) is 3.50. The highest BCUT2D eigenvalue weighted by atomic mass is 35.5. The van der Waals surface area contributed by atoms with Crippen LogP contribution < -0.4 is 5.56 Å². The van der Waals surface area contributed by atoms with Crippen molar-refractivity contribution in [3.05, 3.63) is 51.0 Å². The molecule has 0 fully saturated rings. The number of nitrogens with one attached hydrogen (secondary N) is 2. The lowest BCUT2D eigenvalue weighted by Gasteiger charge is -2.06. The Kier molecular flexibility index (Phi) is 4.03. The van der Waals surface area contributed by atoms with Gasteiger partial charge in [-0.15, -0.1) is 10.2 Å². The Morgan fingerprint density at radius 2 is 1.97 bits per heavy atom. The minimum Gasteiger partial charge on any atom is -0.461 e. The summed E-state index contributed by atoms with van der Waals surface area (Å²) in [6.07, 6.45) is 0. The van der Waals surface area contributed by atoms with Crippen molar-refractivity contribution in [3.8, 4) is 11.1 Å². The van der Waals surface area contributed by atoms with Gasteiger partial charge in [-0.1, -0.05) is 23.7 Å². The van der Waals surface area contributed by atoms with Gasteiger partial charge in [0.15, 0.2) is 22.6 Å². The number of hydrogen-bond acceptors (Lipinski definition) is 7. The third-order valence-corrected chi connectivity index (χ3v) is 5.10. The molecule has 0 aliphatic rings. The van der Waals surface area contributed by atoms with Crippen LogP contribution in [-0.4, -0.2) is 47.6 Å². The summed E-state index contributed by atoms with van der Waals surface area (Å²) in [6, 6.07) is 7.08. The predicted octanol–water partition coefficient (Wildman–Crippen LogP) is 2.65. The second kappa shape index (κ2) is 6.63. The maximum absolute atomic E-state index is 12.5. The summed E-state index contributed by atoms with van der Waals surface area (Å²) in [5, 5.41) is 19.4. The number of aromatic nitrogens is 7. The number of pyridine rings is 1. The molecule has 0 amide bonds. The number of hydrogen-bond donors (Lipinski definition) is 2. The first-order valence-electron chi connectivity index (χ1n) is 9.08. The molecule has 2 N–H and O–H groups in total. The molecule has 5 aromatic rings. The molecule has 11 heteroatoms. The molecule has 0 saturated heterocycles. The summed E-state index contributed by atoms with van der Waals surface area (Å²) in [6.45, 7) is 3.66. The van der Waals surface area contributed by atoms with E-state index in [2.05, 4.69) is 30.5 Å². The van der Waals surface area contributed by atoms with Gasteiger partial charge >= 0.3 is 5.97 Å². The van der Waals surface area contributed by atoms with Crippen LogP contribution in [0, 0.1) is 6.92 Å². The lowest BCUT2D eigenvalue weighted by Crippen LogP contribution is -2.14. The summed E-state index contributed by atoms with van der Waals surface area (Å²) >= 11 is 6.04. The van der Waals surface area contributed by atoms with E-state index in [-0.39, 0.29) is 23.5 Å². The molecule has 0 spiro atoms. The lowest BCUT2D eigenvalue weighted by atomic mass is 10.0. The molecule has 30 heavy (non-hydrogen) atoms. The van der Waals surface area contributed by atoms with E-state index in [4.69, 9.17) is 16.3 Å². The predicted molar refractivity (Wildman–Crippen MR) is 110 cm³/mol. The summed E-state index contributed by atoms with van der Waals surface area (Å²) in [4.78, 5) is 29.2. The van der Waals surface area contributed by atoms with Crippen LogP contribution >= 0.6 is 11.6 Å². The van der Waals surface area contributed by atoms with Gasteiger partial charge < -0.3 is 4.74 Å². The Morgan fingerprint density at radius 3 is 2.70 bits per heavy atom. The minimum atomic E-state index is -0.571. The number of benzene rings is 1. The molecule has 0 bridgehead atoms. The molecule has 1 aromatic carbocycles. The number of H-pyrrole nitrogens is 2. The van der Waals surface area contributed by atoms with Crippen LogP contribution in [0.3, 0.4) is 0 Å². The maximum atomic E-state index is 12.5. The van der Waals surface area contributed by atoms with E-state index in [1.54, 1.807) is 42.6 Å². The van der Waals surface area contributed by atoms with E-state index < -0.39 is 5.97 Å². The highest BCUT2D eigenvalue weighted by Crippen LogP contribution is 2.35. The van der Waals surface area contributed by atoms with E-state index in [9.17, 15) is 9.59 Å². The van der Waals surface area contributed by atoms with Gasteiger partial charge in [-0.3, -0.25) is 9.89 Å². The molecule has 0 radical (unpaired) electrons. The van der Waals surface area contributed by atoms with E-state index >= 15 is 0 Å². The molecular weight excluding hydrogens is 410 g/mol. The third kappa shape index (κ3) is 2.57. The summed E-state index contributed by atoms with van der Waals surface area (Å²) < 4.78 is 6.65. The molecule has 4 aromatic heterocycles. The Hall–Kier alpha value is -3.79. The molecular formula is C19H14ClN7O3. The largest absolute Gasteiger partial charge is 0.461 e. The second-order valence-electron chi connectivity index (χ2n) is 6.59. The number of rotatable bonds is 3. The molecule has 150 valence electrons.